The number of ether oxygens (including phenoxy) is 3. The molecule has 0 bridgehead atoms. The maximum absolute atomic E-state index is 13.4. The van der Waals surface area contributed by atoms with Gasteiger partial charge in [0.25, 0.3) is 11.7 Å². The summed E-state index contributed by atoms with van der Waals surface area (Å²) in [7, 11) is 3.03. The van der Waals surface area contributed by atoms with Crippen molar-refractivity contribution < 1.29 is 28.9 Å². The van der Waals surface area contributed by atoms with Crippen LogP contribution >= 0.6 is 15.9 Å². The van der Waals surface area contributed by atoms with E-state index in [4.69, 9.17) is 14.2 Å². The van der Waals surface area contributed by atoms with Crippen LogP contribution in [0.25, 0.3) is 5.76 Å². The van der Waals surface area contributed by atoms with Crippen molar-refractivity contribution in [3.8, 4) is 17.2 Å². The highest BCUT2D eigenvalue weighted by atomic mass is 79.9. The van der Waals surface area contributed by atoms with Gasteiger partial charge in [-0.1, -0.05) is 40.2 Å². The van der Waals surface area contributed by atoms with Gasteiger partial charge < -0.3 is 19.3 Å². The number of hydrogen-bond donors (Lipinski definition) is 1. The highest BCUT2D eigenvalue weighted by molar-refractivity contribution is 9.10. The number of rotatable bonds is 7. The molecule has 1 unspecified atom stereocenters. The van der Waals surface area contributed by atoms with Gasteiger partial charge >= 0.3 is 0 Å². The van der Waals surface area contributed by atoms with Crippen molar-refractivity contribution >= 4 is 39.1 Å². The van der Waals surface area contributed by atoms with Crippen LogP contribution in [0.5, 0.6) is 17.2 Å². The molecule has 7 nitrogen and oxygen atoms in total. The summed E-state index contributed by atoms with van der Waals surface area (Å²) in [4.78, 5) is 28.1. The highest BCUT2D eigenvalue weighted by Crippen LogP contribution is 2.44. The van der Waals surface area contributed by atoms with E-state index in [0.717, 1.165) is 4.47 Å². The molecule has 0 aliphatic carbocycles. The Morgan fingerprint density at radius 3 is 2.34 bits per heavy atom. The van der Waals surface area contributed by atoms with Gasteiger partial charge in [0.05, 0.1) is 32.4 Å². The molecule has 1 atom stereocenters. The van der Waals surface area contributed by atoms with Crippen LogP contribution in [0, 0.1) is 0 Å². The normalized spacial score (nSPS) is 16.9. The fraction of sp³-hybridized carbons (Fsp3) is 0.185. The zero-order valence-electron chi connectivity index (χ0n) is 19.4. The second-order valence-corrected chi connectivity index (χ2v) is 8.64. The van der Waals surface area contributed by atoms with E-state index in [1.807, 2.05) is 6.92 Å². The number of halogens is 1. The monoisotopic (exact) mass is 537 g/mol. The fourth-order valence-electron chi connectivity index (χ4n) is 4.09. The molecule has 180 valence electrons. The van der Waals surface area contributed by atoms with E-state index in [-0.39, 0.29) is 11.3 Å². The van der Waals surface area contributed by atoms with Crippen molar-refractivity contribution in [1.82, 2.24) is 0 Å². The van der Waals surface area contributed by atoms with Crippen LogP contribution in [-0.4, -0.2) is 37.6 Å². The van der Waals surface area contributed by atoms with Crippen molar-refractivity contribution in [3.63, 3.8) is 0 Å². The summed E-state index contributed by atoms with van der Waals surface area (Å²) < 4.78 is 17.2. The average Bonchev–Trinajstić information content (AvgIpc) is 3.14. The first-order chi connectivity index (χ1) is 16.9. The van der Waals surface area contributed by atoms with Crippen LogP contribution < -0.4 is 19.1 Å². The Balaban J connectivity index is 1.95. The lowest BCUT2D eigenvalue weighted by Gasteiger charge is -2.26. The Labute approximate surface area is 211 Å². The van der Waals surface area contributed by atoms with E-state index in [1.54, 1.807) is 66.7 Å². The van der Waals surface area contributed by atoms with Crippen molar-refractivity contribution in [1.29, 1.82) is 0 Å². The SMILES string of the molecule is CCOc1cccc(N2C(=O)C(=O)/C(=C(\O)c3ccc(Br)cc3)C2c2ccc(OC)c(OC)c2)c1. The third-order valence-electron chi connectivity index (χ3n) is 5.69. The molecule has 1 amide bonds. The Hall–Kier alpha value is -3.78. The van der Waals surface area contributed by atoms with Crippen molar-refractivity contribution in [2.75, 3.05) is 25.7 Å². The van der Waals surface area contributed by atoms with Crippen LogP contribution in [0.3, 0.4) is 0 Å². The average molecular weight is 538 g/mol. The summed E-state index contributed by atoms with van der Waals surface area (Å²) in [6.07, 6.45) is 0. The Morgan fingerprint density at radius 2 is 1.69 bits per heavy atom. The lowest BCUT2D eigenvalue weighted by molar-refractivity contribution is -0.132. The van der Waals surface area contributed by atoms with Gasteiger partial charge in [-0.15, -0.1) is 0 Å². The van der Waals surface area contributed by atoms with Crippen molar-refractivity contribution in [2.45, 2.75) is 13.0 Å². The molecule has 1 fully saturated rings. The Bertz CT molecular complexity index is 1300. The molecule has 35 heavy (non-hydrogen) atoms. The summed E-state index contributed by atoms with van der Waals surface area (Å²) >= 11 is 3.37. The smallest absolute Gasteiger partial charge is 0.300 e. The second kappa shape index (κ2) is 10.2. The van der Waals surface area contributed by atoms with Gasteiger partial charge in [0.2, 0.25) is 0 Å². The van der Waals surface area contributed by atoms with Gasteiger partial charge in [0.1, 0.15) is 11.5 Å². The predicted molar refractivity (Wildman–Crippen MR) is 136 cm³/mol. The summed E-state index contributed by atoms with van der Waals surface area (Å²) in [6.45, 7) is 2.31. The van der Waals surface area contributed by atoms with Crippen molar-refractivity contribution in [3.05, 3.63) is 87.9 Å². The van der Waals surface area contributed by atoms with E-state index in [0.29, 0.717) is 40.7 Å². The maximum Gasteiger partial charge on any atom is 0.300 e. The molecule has 1 N–H and O–H groups in total. The molecule has 3 aromatic rings. The third kappa shape index (κ3) is 4.61. The quantitative estimate of drug-likeness (QED) is 0.243. The lowest BCUT2D eigenvalue weighted by Crippen LogP contribution is -2.29. The van der Waals surface area contributed by atoms with E-state index >= 15 is 0 Å². The molecule has 3 aromatic carbocycles. The molecular formula is C27H24BrNO6. The zero-order valence-corrected chi connectivity index (χ0v) is 21.0. The number of amides is 1. The molecule has 1 aliphatic rings. The molecule has 0 spiro atoms. The number of Topliss-reactive ketones (excluding diaryl/α,β-unsaturated/α-hetero) is 1. The number of aliphatic hydroxyl groups is 1. The van der Waals surface area contributed by atoms with Gasteiger partial charge in [-0.25, -0.2) is 0 Å². The highest BCUT2D eigenvalue weighted by Gasteiger charge is 2.47. The minimum atomic E-state index is -0.907. The first-order valence-corrected chi connectivity index (χ1v) is 11.7. The van der Waals surface area contributed by atoms with Gasteiger partial charge in [0.15, 0.2) is 11.5 Å². The minimum Gasteiger partial charge on any atom is -0.507 e. The molecule has 1 aliphatic heterocycles. The fourth-order valence-corrected chi connectivity index (χ4v) is 4.35. The van der Waals surface area contributed by atoms with Gasteiger partial charge in [0, 0.05) is 21.8 Å². The molecule has 4 rings (SSSR count). The summed E-state index contributed by atoms with van der Waals surface area (Å²) in [5.41, 5.74) is 1.43. The van der Waals surface area contributed by atoms with Crippen LogP contribution in [0.2, 0.25) is 0 Å². The first kappa shape index (κ1) is 24.3. The van der Waals surface area contributed by atoms with Gasteiger partial charge in [-0.05, 0) is 48.9 Å². The topological polar surface area (TPSA) is 85.3 Å². The standard InChI is InChI=1S/C27H24BrNO6/c1-4-35-20-7-5-6-19(15-20)29-24(17-10-13-21(33-2)22(14-17)34-3)23(26(31)27(29)32)25(30)16-8-11-18(28)12-9-16/h5-15,24,30H,4H2,1-3H3/b25-23-. The number of benzene rings is 3. The third-order valence-corrected chi connectivity index (χ3v) is 6.22. The molecule has 0 aromatic heterocycles. The number of ketones is 1. The van der Waals surface area contributed by atoms with Crippen LogP contribution in [0.4, 0.5) is 5.69 Å². The van der Waals surface area contributed by atoms with E-state index in [2.05, 4.69) is 15.9 Å². The zero-order chi connectivity index (χ0) is 25.1. The Kier molecular flexibility index (Phi) is 7.12. The molecule has 1 heterocycles. The number of methoxy groups -OCH3 is 2. The number of hydrogen-bond acceptors (Lipinski definition) is 6. The number of carbonyl (C=O) groups is 2. The summed E-state index contributed by atoms with van der Waals surface area (Å²) in [5.74, 6) is -0.309. The van der Waals surface area contributed by atoms with Crippen LogP contribution in [0.15, 0.2) is 76.8 Å². The van der Waals surface area contributed by atoms with Crippen LogP contribution in [-0.2, 0) is 9.59 Å². The first-order valence-electron chi connectivity index (χ1n) is 10.9. The lowest BCUT2D eigenvalue weighted by atomic mass is 9.94. The molecule has 8 heteroatoms. The molecular weight excluding hydrogens is 514 g/mol. The maximum atomic E-state index is 13.4. The van der Waals surface area contributed by atoms with Gasteiger partial charge in [-0.2, -0.15) is 0 Å². The molecule has 0 saturated carbocycles. The second-order valence-electron chi connectivity index (χ2n) is 7.72. The minimum absolute atomic E-state index is 0.0219. The van der Waals surface area contributed by atoms with Crippen molar-refractivity contribution in [2.24, 2.45) is 0 Å². The number of aliphatic hydroxyl groups excluding tert-OH is 1. The number of carbonyl (C=O) groups excluding carboxylic acids is 2. The van der Waals surface area contributed by atoms with Crippen LogP contribution in [0.1, 0.15) is 24.1 Å². The molecule has 1 saturated heterocycles. The predicted octanol–water partition coefficient (Wildman–Crippen LogP) is 5.49. The summed E-state index contributed by atoms with van der Waals surface area (Å²) in [6, 6.07) is 18.0. The van der Waals surface area contributed by atoms with E-state index in [9.17, 15) is 14.7 Å². The largest absolute Gasteiger partial charge is 0.507 e. The van der Waals surface area contributed by atoms with E-state index in [1.165, 1.54) is 19.1 Å². The summed E-state index contributed by atoms with van der Waals surface area (Å²) in [5, 5.41) is 11.2. The number of nitrogens with zero attached hydrogens (tertiary/aromatic N) is 1. The molecule has 0 radical (unpaired) electrons. The Morgan fingerprint density at radius 1 is 0.971 bits per heavy atom. The number of anilines is 1. The van der Waals surface area contributed by atoms with E-state index < -0.39 is 17.7 Å². The van der Waals surface area contributed by atoms with Gasteiger partial charge in [-0.3, -0.25) is 14.5 Å².